The molecule has 0 N–H and O–H groups in total. The van der Waals surface area contributed by atoms with Gasteiger partial charge in [0.15, 0.2) is 0 Å². The second-order valence-corrected chi connectivity index (χ2v) is 8.42. The molecule has 154 valence electrons. The number of hydrogen-bond donors (Lipinski definition) is 0. The van der Waals surface area contributed by atoms with Gasteiger partial charge in [-0.2, -0.15) is 10.1 Å². The Morgan fingerprint density at radius 3 is 2.60 bits per heavy atom. The number of thiazole rings is 1. The third-order valence-electron chi connectivity index (χ3n) is 5.16. The summed E-state index contributed by atoms with van der Waals surface area (Å²) in [6.07, 6.45) is 7.76. The van der Waals surface area contributed by atoms with E-state index in [1.165, 1.54) is 42.0 Å². The number of aromatic nitrogens is 1. The van der Waals surface area contributed by atoms with Crippen LogP contribution in [0.5, 0.6) is 0 Å². The number of para-hydroxylation sites is 1. The van der Waals surface area contributed by atoms with Crippen LogP contribution in [-0.4, -0.2) is 29.4 Å². The Morgan fingerprint density at radius 2 is 1.80 bits per heavy atom. The standard InChI is InChI=1S/C24H26N4OS/c1-2-3-4-5-11-16-25-17-19-22(18-12-7-6-8-13-18)27-28(23(19)29)24-26-20-14-9-10-15-21(20)30-24/h6-10,12-15,17,19H,2-5,11,16H2,1H3. The number of rotatable bonds is 9. The molecule has 1 unspecified atom stereocenters. The van der Waals surface area contributed by atoms with Crippen LogP contribution in [0.15, 0.2) is 64.7 Å². The van der Waals surface area contributed by atoms with Gasteiger partial charge in [0.05, 0.1) is 15.9 Å². The Balaban J connectivity index is 1.56. The van der Waals surface area contributed by atoms with E-state index in [1.807, 2.05) is 54.6 Å². The summed E-state index contributed by atoms with van der Waals surface area (Å²) < 4.78 is 1.04. The van der Waals surface area contributed by atoms with Gasteiger partial charge in [0.25, 0.3) is 5.91 Å². The molecule has 4 rings (SSSR count). The summed E-state index contributed by atoms with van der Waals surface area (Å²) in [6.45, 7) is 2.96. The monoisotopic (exact) mass is 418 g/mol. The largest absolute Gasteiger partial charge is 0.296 e. The molecule has 0 saturated heterocycles. The Labute approximate surface area is 181 Å². The van der Waals surface area contributed by atoms with Gasteiger partial charge < -0.3 is 0 Å². The van der Waals surface area contributed by atoms with Crippen molar-refractivity contribution < 1.29 is 4.79 Å². The summed E-state index contributed by atoms with van der Waals surface area (Å²) in [6, 6.07) is 17.8. The first-order chi connectivity index (χ1) is 14.8. The minimum Gasteiger partial charge on any atom is -0.296 e. The number of anilines is 1. The van der Waals surface area contributed by atoms with E-state index in [4.69, 9.17) is 0 Å². The molecule has 0 radical (unpaired) electrons. The molecule has 0 aliphatic carbocycles. The van der Waals surface area contributed by atoms with Crippen molar-refractivity contribution in [1.82, 2.24) is 4.98 Å². The molecular weight excluding hydrogens is 392 g/mol. The molecule has 30 heavy (non-hydrogen) atoms. The van der Waals surface area contributed by atoms with E-state index in [9.17, 15) is 4.79 Å². The molecule has 1 aliphatic heterocycles. The van der Waals surface area contributed by atoms with Gasteiger partial charge in [0.1, 0.15) is 5.92 Å². The molecule has 5 nitrogen and oxygen atoms in total. The fraction of sp³-hybridized carbons (Fsp3) is 0.333. The highest BCUT2D eigenvalue weighted by atomic mass is 32.1. The van der Waals surface area contributed by atoms with Gasteiger partial charge in [0, 0.05) is 12.8 Å². The molecule has 2 heterocycles. The quantitative estimate of drug-likeness (QED) is 0.330. The topological polar surface area (TPSA) is 57.9 Å². The summed E-state index contributed by atoms with van der Waals surface area (Å²) in [4.78, 5) is 22.5. The van der Waals surface area contributed by atoms with E-state index in [0.717, 1.165) is 34.5 Å². The van der Waals surface area contributed by atoms with Crippen molar-refractivity contribution in [2.75, 3.05) is 11.6 Å². The summed E-state index contributed by atoms with van der Waals surface area (Å²) >= 11 is 1.48. The van der Waals surface area contributed by atoms with E-state index < -0.39 is 5.92 Å². The molecule has 1 atom stereocenters. The number of fused-ring (bicyclic) bond motifs is 1. The van der Waals surface area contributed by atoms with Crippen LogP contribution in [0.4, 0.5) is 5.13 Å². The molecule has 0 spiro atoms. The second-order valence-electron chi connectivity index (χ2n) is 7.41. The average Bonchev–Trinajstić information content (AvgIpc) is 3.35. The first-order valence-corrected chi connectivity index (χ1v) is 11.4. The van der Waals surface area contributed by atoms with Crippen molar-refractivity contribution in [2.24, 2.45) is 16.0 Å². The average molecular weight is 419 g/mol. The van der Waals surface area contributed by atoms with Gasteiger partial charge in [-0.25, -0.2) is 4.98 Å². The van der Waals surface area contributed by atoms with Crippen LogP contribution in [0.1, 0.15) is 44.6 Å². The fourth-order valence-electron chi connectivity index (χ4n) is 3.52. The molecule has 0 saturated carbocycles. The third kappa shape index (κ3) is 4.49. The van der Waals surface area contributed by atoms with Crippen LogP contribution in [-0.2, 0) is 4.79 Å². The molecular formula is C24H26N4OS. The zero-order chi connectivity index (χ0) is 20.8. The lowest BCUT2D eigenvalue weighted by Crippen LogP contribution is -2.28. The Morgan fingerprint density at radius 1 is 1.03 bits per heavy atom. The van der Waals surface area contributed by atoms with Crippen molar-refractivity contribution >= 4 is 44.5 Å². The van der Waals surface area contributed by atoms with Gasteiger partial charge in [0.2, 0.25) is 5.13 Å². The first kappa shape index (κ1) is 20.4. The highest BCUT2D eigenvalue weighted by Crippen LogP contribution is 2.33. The van der Waals surface area contributed by atoms with Gasteiger partial charge in [-0.1, -0.05) is 86.4 Å². The number of hydrogen-bond acceptors (Lipinski definition) is 5. The Hall–Kier alpha value is -2.86. The predicted octanol–water partition coefficient (Wildman–Crippen LogP) is 5.70. The van der Waals surface area contributed by atoms with Crippen LogP contribution < -0.4 is 5.01 Å². The van der Waals surface area contributed by atoms with Gasteiger partial charge in [-0.15, -0.1) is 0 Å². The molecule has 1 amide bonds. The molecule has 1 aromatic heterocycles. The van der Waals surface area contributed by atoms with E-state index in [2.05, 4.69) is 22.0 Å². The lowest BCUT2D eigenvalue weighted by Gasteiger charge is -2.08. The minimum atomic E-state index is -0.477. The van der Waals surface area contributed by atoms with Crippen LogP contribution in [0.2, 0.25) is 0 Å². The Bertz CT molecular complexity index is 1020. The summed E-state index contributed by atoms with van der Waals surface area (Å²) in [5.41, 5.74) is 2.55. The summed E-state index contributed by atoms with van der Waals surface area (Å²) in [5, 5.41) is 6.73. The maximum Gasteiger partial charge on any atom is 0.264 e. The van der Waals surface area contributed by atoms with Crippen LogP contribution in [0.3, 0.4) is 0 Å². The lowest BCUT2D eigenvalue weighted by atomic mass is 9.98. The lowest BCUT2D eigenvalue weighted by molar-refractivity contribution is -0.118. The summed E-state index contributed by atoms with van der Waals surface area (Å²) in [7, 11) is 0. The number of nitrogens with zero attached hydrogens (tertiary/aromatic N) is 4. The smallest absolute Gasteiger partial charge is 0.264 e. The van der Waals surface area contributed by atoms with Gasteiger partial charge in [-0.3, -0.25) is 9.79 Å². The zero-order valence-corrected chi connectivity index (χ0v) is 18.0. The normalized spacial score (nSPS) is 16.7. The van der Waals surface area contributed by atoms with Crippen LogP contribution in [0.25, 0.3) is 10.2 Å². The maximum absolute atomic E-state index is 13.3. The number of carbonyl (C=O) groups is 1. The zero-order valence-electron chi connectivity index (χ0n) is 17.2. The number of unbranched alkanes of at least 4 members (excludes halogenated alkanes) is 4. The minimum absolute atomic E-state index is 0.0948. The van der Waals surface area contributed by atoms with Crippen LogP contribution in [0, 0.1) is 5.92 Å². The van der Waals surface area contributed by atoms with Crippen molar-refractivity contribution in [3.8, 4) is 0 Å². The molecule has 1 aliphatic rings. The van der Waals surface area contributed by atoms with Crippen LogP contribution >= 0.6 is 11.3 Å². The Kier molecular flexibility index (Phi) is 6.64. The third-order valence-corrected chi connectivity index (χ3v) is 6.17. The fourth-order valence-corrected chi connectivity index (χ4v) is 4.45. The van der Waals surface area contributed by atoms with Gasteiger partial charge >= 0.3 is 0 Å². The molecule has 2 aromatic carbocycles. The number of aliphatic imine (C=N–C) groups is 1. The summed E-state index contributed by atoms with van der Waals surface area (Å²) in [5.74, 6) is -0.572. The number of benzene rings is 2. The molecule has 0 bridgehead atoms. The maximum atomic E-state index is 13.3. The van der Waals surface area contributed by atoms with Gasteiger partial charge in [-0.05, 0) is 24.1 Å². The van der Waals surface area contributed by atoms with E-state index in [0.29, 0.717) is 5.13 Å². The molecule has 6 heteroatoms. The highest BCUT2D eigenvalue weighted by molar-refractivity contribution is 7.22. The van der Waals surface area contributed by atoms with Crippen molar-refractivity contribution in [1.29, 1.82) is 0 Å². The first-order valence-electron chi connectivity index (χ1n) is 10.6. The van der Waals surface area contributed by atoms with Crippen molar-refractivity contribution in [3.63, 3.8) is 0 Å². The van der Waals surface area contributed by atoms with E-state index >= 15 is 0 Å². The van der Waals surface area contributed by atoms with E-state index in [-0.39, 0.29) is 5.91 Å². The molecule has 3 aromatic rings. The van der Waals surface area contributed by atoms with Crippen molar-refractivity contribution in [2.45, 2.75) is 39.0 Å². The number of carbonyl (C=O) groups excluding carboxylic acids is 1. The number of amides is 1. The predicted molar refractivity (Wildman–Crippen MR) is 126 cm³/mol. The number of hydrazone groups is 1. The van der Waals surface area contributed by atoms with Crippen molar-refractivity contribution in [3.05, 3.63) is 60.2 Å². The highest BCUT2D eigenvalue weighted by Gasteiger charge is 2.37. The molecule has 0 fully saturated rings. The SMILES string of the molecule is CCCCCCCN=CC1C(=O)N(c2nc3ccccc3s2)N=C1c1ccccc1. The second kappa shape index (κ2) is 9.76. The van der Waals surface area contributed by atoms with E-state index in [1.54, 1.807) is 6.21 Å².